The number of nitriles is 1. The average Bonchev–Trinajstić information content (AvgIpc) is 3.05. The summed E-state index contributed by atoms with van der Waals surface area (Å²) in [6, 6.07) is 8.80. The highest BCUT2D eigenvalue weighted by molar-refractivity contribution is 6.33. The number of nitrogens with zero attached hydrogens (tertiary/aromatic N) is 2. The number of carbonyl (C=O) groups excluding carboxylic acids is 1. The Hall–Kier alpha value is -3.37. The molecule has 0 saturated heterocycles. The smallest absolute Gasteiger partial charge is 0.349 e. The van der Waals surface area contributed by atoms with Crippen LogP contribution in [0.2, 0.25) is 5.02 Å². The van der Waals surface area contributed by atoms with Gasteiger partial charge in [-0.15, -0.1) is 0 Å². The molecule has 0 radical (unpaired) electrons. The molecule has 25 heavy (non-hydrogen) atoms. The van der Waals surface area contributed by atoms with E-state index in [4.69, 9.17) is 26.0 Å². The van der Waals surface area contributed by atoms with Gasteiger partial charge in [-0.2, -0.15) is 5.26 Å². The number of non-ortho nitro benzene ring substituents is 1. The van der Waals surface area contributed by atoms with Gasteiger partial charge in [0.15, 0.2) is 0 Å². The number of hydrogen-bond acceptors (Lipinski definition) is 6. The lowest BCUT2D eigenvalue weighted by atomic mass is 10.1. The lowest BCUT2D eigenvalue weighted by Crippen LogP contribution is -2.06. The highest BCUT2D eigenvalue weighted by Crippen LogP contribution is 2.32. The lowest BCUT2D eigenvalue weighted by Gasteiger charge is -2.01. The third-order valence-electron chi connectivity index (χ3n) is 3.01. The molecule has 0 spiro atoms. The molecule has 0 amide bonds. The number of benzene rings is 1. The monoisotopic (exact) mass is 358 g/mol. The molecule has 8 heteroatoms. The Kier molecular flexibility index (Phi) is 5.71. The zero-order chi connectivity index (χ0) is 18.4. The Morgan fingerprint density at radius 1 is 1.44 bits per heavy atom. The van der Waals surface area contributed by atoms with Gasteiger partial charge in [-0.05, 0) is 18.2 Å². The topological polar surface area (TPSA) is 106 Å². The van der Waals surface area contributed by atoms with Crippen molar-refractivity contribution in [2.45, 2.75) is 0 Å². The number of esters is 1. The molecule has 0 aliphatic heterocycles. The normalized spacial score (nSPS) is 10.8. The molecule has 2 aromatic rings. The number of ether oxygens (including phenoxy) is 1. The van der Waals surface area contributed by atoms with E-state index in [9.17, 15) is 14.9 Å². The summed E-state index contributed by atoms with van der Waals surface area (Å²) < 4.78 is 10.3. The fourth-order valence-corrected chi connectivity index (χ4v) is 2.15. The molecule has 126 valence electrons. The van der Waals surface area contributed by atoms with Crippen molar-refractivity contribution in [2.24, 2.45) is 0 Å². The van der Waals surface area contributed by atoms with Crippen molar-refractivity contribution in [1.82, 2.24) is 0 Å². The van der Waals surface area contributed by atoms with Gasteiger partial charge < -0.3 is 9.15 Å². The van der Waals surface area contributed by atoms with Gasteiger partial charge in [-0.3, -0.25) is 10.1 Å². The van der Waals surface area contributed by atoms with E-state index in [1.165, 1.54) is 36.4 Å². The lowest BCUT2D eigenvalue weighted by molar-refractivity contribution is -0.384. The summed E-state index contributed by atoms with van der Waals surface area (Å²) in [5.41, 5.74) is 0.0642. The molecule has 0 atom stereocenters. The summed E-state index contributed by atoms with van der Waals surface area (Å²) in [4.78, 5) is 21.9. The van der Waals surface area contributed by atoms with E-state index in [0.29, 0.717) is 11.3 Å². The average molecular weight is 359 g/mol. The predicted molar refractivity (Wildman–Crippen MR) is 90.6 cm³/mol. The number of nitro groups is 1. The van der Waals surface area contributed by atoms with Crippen LogP contribution in [0.15, 0.2) is 53.0 Å². The number of furan rings is 1. The van der Waals surface area contributed by atoms with Crippen LogP contribution in [0.4, 0.5) is 5.69 Å². The van der Waals surface area contributed by atoms with E-state index in [0.717, 1.165) is 0 Å². The van der Waals surface area contributed by atoms with Crippen molar-refractivity contribution < 1.29 is 18.9 Å². The van der Waals surface area contributed by atoms with Gasteiger partial charge >= 0.3 is 5.97 Å². The minimum atomic E-state index is -0.797. The molecule has 7 nitrogen and oxygen atoms in total. The molecule has 0 N–H and O–H groups in total. The number of rotatable bonds is 6. The molecule has 1 heterocycles. The summed E-state index contributed by atoms with van der Waals surface area (Å²) in [5.74, 6) is -0.229. The van der Waals surface area contributed by atoms with Gasteiger partial charge in [0, 0.05) is 23.8 Å². The van der Waals surface area contributed by atoms with Crippen LogP contribution in [0.25, 0.3) is 17.4 Å². The molecule has 0 aliphatic carbocycles. The number of nitro benzene ring substituents is 1. The van der Waals surface area contributed by atoms with E-state index in [1.807, 2.05) is 0 Å². The minimum Gasteiger partial charge on any atom is -0.457 e. The molecular weight excluding hydrogens is 348 g/mol. The van der Waals surface area contributed by atoms with Crippen LogP contribution in [0.1, 0.15) is 5.76 Å². The van der Waals surface area contributed by atoms with Gasteiger partial charge in [0.25, 0.3) is 5.69 Å². The van der Waals surface area contributed by atoms with Crippen molar-refractivity contribution in [3.8, 4) is 17.4 Å². The summed E-state index contributed by atoms with van der Waals surface area (Å²) in [6.07, 6.45) is 2.61. The van der Waals surface area contributed by atoms with Crippen LogP contribution >= 0.6 is 11.6 Å². The number of hydrogen-bond donors (Lipinski definition) is 0. The van der Waals surface area contributed by atoms with Crippen LogP contribution in [0.5, 0.6) is 0 Å². The van der Waals surface area contributed by atoms with Crippen LogP contribution in [0.3, 0.4) is 0 Å². The fourth-order valence-electron chi connectivity index (χ4n) is 1.88. The maximum absolute atomic E-state index is 11.7. The molecule has 0 saturated carbocycles. The van der Waals surface area contributed by atoms with Crippen molar-refractivity contribution in [2.75, 3.05) is 6.61 Å². The fraction of sp³-hybridized carbons (Fsp3) is 0.0588. The molecule has 0 aliphatic rings. The highest BCUT2D eigenvalue weighted by atomic mass is 35.5. The maximum atomic E-state index is 11.7. The first kappa shape index (κ1) is 18.0. The van der Waals surface area contributed by atoms with E-state index in [2.05, 4.69) is 6.58 Å². The summed E-state index contributed by atoms with van der Waals surface area (Å²) in [5, 5.41) is 19.9. The first-order chi connectivity index (χ1) is 12.0. The third-order valence-corrected chi connectivity index (χ3v) is 3.33. The molecule has 1 aromatic heterocycles. The Bertz CT molecular complexity index is 908. The van der Waals surface area contributed by atoms with E-state index < -0.39 is 10.9 Å². The zero-order valence-electron chi connectivity index (χ0n) is 12.8. The van der Waals surface area contributed by atoms with Gasteiger partial charge in [0.05, 0.1) is 9.95 Å². The quantitative estimate of drug-likeness (QED) is 0.192. The molecule has 0 fully saturated rings. The van der Waals surface area contributed by atoms with Crippen LogP contribution < -0.4 is 0 Å². The van der Waals surface area contributed by atoms with Gasteiger partial charge in [0.1, 0.15) is 29.8 Å². The Morgan fingerprint density at radius 3 is 2.80 bits per heavy atom. The minimum absolute atomic E-state index is 0.0142. The largest absolute Gasteiger partial charge is 0.457 e. The highest BCUT2D eigenvalue weighted by Gasteiger charge is 2.15. The van der Waals surface area contributed by atoms with E-state index in [-0.39, 0.29) is 28.7 Å². The summed E-state index contributed by atoms with van der Waals surface area (Å²) in [6.45, 7) is 3.40. The van der Waals surface area contributed by atoms with Crippen molar-refractivity contribution in [3.05, 3.63) is 69.5 Å². The molecular formula is C17H11ClN2O5. The molecule has 0 bridgehead atoms. The molecule has 1 aromatic carbocycles. The van der Waals surface area contributed by atoms with Gasteiger partial charge in [-0.1, -0.05) is 24.3 Å². The van der Waals surface area contributed by atoms with Crippen LogP contribution in [-0.2, 0) is 9.53 Å². The first-order valence-corrected chi connectivity index (χ1v) is 7.28. The second kappa shape index (κ2) is 7.95. The maximum Gasteiger partial charge on any atom is 0.349 e. The van der Waals surface area contributed by atoms with Crippen molar-refractivity contribution in [1.29, 1.82) is 5.26 Å². The summed E-state index contributed by atoms with van der Waals surface area (Å²) >= 11 is 6.04. The first-order valence-electron chi connectivity index (χ1n) is 6.90. The number of halogens is 1. The standard InChI is InChI=1S/C17H11ClN2O5/c1-2-7-24-17(21)11(10-19)8-13-4-6-16(25-13)14-5-3-12(20(22)23)9-15(14)18/h2-6,8-9H,1,7H2/b11-8+. The van der Waals surface area contributed by atoms with Crippen molar-refractivity contribution >= 4 is 29.3 Å². The Morgan fingerprint density at radius 2 is 2.20 bits per heavy atom. The number of carbonyl (C=O) groups is 1. The Balaban J connectivity index is 2.29. The molecule has 0 unspecified atom stereocenters. The van der Waals surface area contributed by atoms with Crippen molar-refractivity contribution in [3.63, 3.8) is 0 Å². The zero-order valence-corrected chi connectivity index (χ0v) is 13.5. The van der Waals surface area contributed by atoms with Crippen LogP contribution in [-0.4, -0.2) is 17.5 Å². The van der Waals surface area contributed by atoms with E-state index in [1.54, 1.807) is 12.1 Å². The SMILES string of the molecule is C=CCOC(=O)/C(C#N)=C/c1ccc(-c2ccc([N+](=O)[O-])cc2Cl)o1. The Labute approximate surface area is 147 Å². The second-order valence-electron chi connectivity index (χ2n) is 4.68. The van der Waals surface area contributed by atoms with Gasteiger partial charge in [0.2, 0.25) is 0 Å². The summed E-state index contributed by atoms with van der Waals surface area (Å²) in [7, 11) is 0. The second-order valence-corrected chi connectivity index (χ2v) is 5.09. The predicted octanol–water partition coefficient (Wildman–Crippen LogP) is 4.14. The third kappa shape index (κ3) is 4.34. The van der Waals surface area contributed by atoms with Gasteiger partial charge in [-0.25, -0.2) is 4.79 Å². The molecule has 2 rings (SSSR count). The van der Waals surface area contributed by atoms with Crippen LogP contribution in [0, 0.1) is 21.4 Å². The van der Waals surface area contributed by atoms with E-state index >= 15 is 0 Å².